The van der Waals surface area contributed by atoms with Crippen LogP contribution in [0.4, 0.5) is 0 Å². The van der Waals surface area contributed by atoms with Crippen molar-refractivity contribution in [2.24, 2.45) is 0 Å². The Morgan fingerprint density at radius 2 is 1.18 bits per heavy atom. The van der Waals surface area contributed by atoms with Gasteiger partial charge >= 0.3 is 11.9 Å². The molecule has 0 radical (unpaired) electrons. The predicted octanol–water partition coefficient (Wildman–Crippen LogP) is 2.05. The lowest BCUT2D eigenvalue weighted by Crippen LogP contribution is -3.00. The molecule has 0 aliphatic rings. The third-order valence-electron chi connectivity index (χ3n) is 4.87. The second-order valence-electron chi connectivity index (χ2n) is 7.30. The molecule has 1 atom stereocenters. The van der Waals surface area contributed by atoms with Crippen LogP contribution >= 0.6 is 0 Å². The summed E-state index contributed by atoms with van der Waals surface area (Å²) in [5, 5.41) is 0. The molecule has 6 heteroatoms. The van der Waals surface area contributed by atoms with E-state index in [1.54, 1.807) is 0 Å². The lowest BCUT2D eigenvalue weighted by Gasteiger charge is -2.14. The molecule has 0 fully saturated rings. The van der Waals surface area contributed by atoms with Gasteiger partial charge < -0.3 is 21.7 Å². The summed E-state index contributed by atoms with van der Waals surface area (Å²) < 4.78 is 5.35. The summed E-state index contributed by atoms with van der Waals surface area (Å²) in [6.07, 6.45) is 21.0. The van der Waals surface area contributed by atoms with Crippen molar-refractivity contribution in [3.8, 4) is 0 Å². The lowest BCUT2D eigenvalue weighted by molar-refractivity contribution is -0.655. The van der Waals surface area contributed by atoms with Gasteiger partial charge in [-0.2, -0.15) is 5.90 Å². The molecule has 0 rings (SSSR count). The number of unbranched alkanes of at least 4 members (excludes halogenated alkanes) is 12. The van der Waals surface area contributed by atoms with Crippen LogP contribution in [0.3, 0.4) is 0 Å². The molecule has 0 spiro atoms. The first-order valence-corrected chi connectivity index (χ1v) is 11.0. The SMILES string of the molecule is CCCCCCCCCCCCCCCC(CC)OC(=O)/C=C\C(=O)O[NH3+].[Br-]. The highest BCUT2D eigenvalue weighted by atomic mass is 79.9. The van der Waals surface area contributed by atoms with E-state index in [2.05, 4.69) is 17.7 Å². The first-order chi connectivity index (χ1) is 13.1. The predicted molar refractivity (Wildman–Crippen MR) is 109 cm³/mol. The van der Waals surface area contributed by atoms with Gasteiger partial charge in [0, 0.05) is 12.2 Å². The molecular formula is C22H42BrNO4. The fraction of sp³-hybridized carbons (Fsp3) is 0.818. The van der Waals surface area contributed by atoms with E-state index < -0.39 is 11.9 Å². The molecule has 1 unspecified atom stereocenters. The number of halogens is 1. The molecule has 0 aliphatic heterocycles. The minimum atomic E-state index is -0.656. The van der Waals surface area contributed by atoms with Crippen LogP contribution in [0.2, 0.25) is 0 Å². The lowest BCUT2D eigenvalue weighted by atomic mass is 10.0. The first kappa shape index (κ1) is 29.3. The standard InChI is InChI=1S/C22H42NO4.BrH/c1-3-5-6-7-8-9-10-11-12-13-14-15-16-17-20(4-2)26-21(24)18-19-22(25)27-23;/h18-20H,3-17H2,1-2,23H3;1H/q+1;/p-1/b19-18-;. The molecule has 166 valence electrons. The van der Waals surface area contributed by atoms with Crippen molar-refractivity contribution in [3.63, 3.8) is 0 Å². The quantitative estimate of drug-likeness (QED) is 0.146. The number of esters is 1. The summed E-state index contributed by atoms with van der Waals surface area (Å²) in [7, 11) is 0. The second-order valence-corrected chi connectivity index (χ2v) is 7.30. The number of carbonyl (C=O) groups excluding carboxylic acids is 2. The minimum absolute atomic E-state index is 0. The fourth-order valence-electron chi connectivity index (χ4n) is 3.12. The van der Waals surface area contributed by atoms with Gasteiger partial charge in [0.15, 0.2) is 0 Å². The summed E-state index contributed by atoms with van der Waals surface area (Å²) >= 11 is 0. The molecule has 0 aliphatic carbocycles. The molecule has 0 saturated carbocycles. The van der Waals surface area contributed by atoms with Gasteiger partial charge in [0.05, 0.1) is 0 Å². The second kappa shape index (κ2) is 22.4. The van der Waals surface area contributed by atoms with Crippen molar-refractivity contribution in [3.05, 3.63) is 12.2 Å². The number of quaternary nitrogens is 1. The summed E-state index contributed by atoms with van der Waals surface area (Å²) in [5.41, 5.74) is 0. The monoisotopic (exact) mass is 463 g/mol. The molecule has 3 N–H and O–H groups in total. The van der Waals surface area contributed by atoms with E-state index in [4.69, 9.17) is 4.74 Å². The van der Waals surface area contributed by atoms with E-state index in [1.165, 1.54) is 77.0 Å². The summed E-state index contributed by atoms with van der Waals surface area (Å²) in [6.45, 7) is 4.27. The van der Waals surface area contributed by atoms with Crippen molar-refractivity contribution in [1.82, 2.24) is 0 Å². The van der Waals surface area contributed by atoms with Crippen LogP contribution in [0.25, 0.3) is 0 Å². The normalized spacial score (nSPS) is 11.8. The van der Waals surface area contributed by atoms with Crippen LogP contribution in [0.5, 0.6) is 0 Å². The molecule has 0 bridgehead atoms. The van der Waals surface area contributed by atoms with Crippen molar-refractivity contribution in [2.75, 3.05) is 0 Å². The average Bonchev–Trinajstić information content (AvgIpc) is 2.68. The maximum atomic E-state index is 11.6. The maximum Gasteiger partial charge on any atom is 0.390 e. The molecule has 0 aromatic carbocycles. The Kier molecular flexibility index (Phi) is 23.5. The highest BCUT2D eigenvalue weighted by molar-refractivity contribution is 5.91. The van der Waals surface area contributed by atoms with E-state index in [9.17, 15) is 9.59 Å². The third-order valence-corrected chi connectivity index (χ3v) is 4.87. The number of hydrogen-bond acceptors (Lipinski definition) is 4. The Morgan fingerprint density at radius 1 is 0.750 bits per heavy atom. The number of rotatable bonds is 18. The highest BCUT2D eigenvalue weighted by Gasteiger charge is 2.11. The number of ether oxygens (including phenoxy) is 1. The molecule has 5 nitrogen and oxygen atoms in total. The smallest absolute Gasteiger partial charge is 0.390 e. The van der Waals surface area contributed by atoms with E-state index in [-0.39, 0.29) is 23.1 Å². The van der Waals surface area contributed by atoms with Crippen molar-refractivity contribution < 1.29 is 42.0 Å². The van der Waals surface area contributed by atoms with Crippen LogP contribution in [-0.4, -0.2) is 18.0 Å². The van der Waals surface area contributed by atoms with Gasteiger partial charge in [-0.3, -0.25) is 4.84 Å². The van der Waals surface area contributed by atoms with Gasteiger partial charge in [-0.05, 0) is 19.3 Å². The molecular weight excluding hydrogens is 422 g/mol. The first-order valence-electron chi connectivity index (χ1n) is 11.0. The van der Waals surface area contributed by atoms with Crippen molar-refractivity contribution in [2.45, 2.75) is 116 Å². The summed E-state index contributed by atoms with van der Waals surface area (Å²) in [6, 6.07) is 0. The van der Waals surface area contributed by atoms with E-state index in [0.717, 1.165) is 31.4 Å². The third kappa shape index (κ3) is 19.9. The van der Waals surface area contributed by atoms with E-state index >= 15 is 0 Å². The number of carbonyl (C=O) groups is 2. The zero-order valence-electron chi connectivity index (χ0n) is 18.1. The van der Waals surface area contributed by atoms with Gasteiger partial charge in [0.25, 0.3) is 0 Å². The Bertz CT molecular complexity index is 402. The van der Waals surface area contributed by atoms with E-state index in [1.807, 2.05) is 6.92 Å². The summed E-state index contributed by atoms with van der Waals surface area (Å²) in [5.74, 6) is 1.83. The molecule has 0 aromatic heterocycles. The van der Waals surface area contributed by atoms with Crippen LogP contribution in [0.1, 0.15) is 110 Å². The largest absolute Gasteiger partial charge is 1.00 e. The van der Waals surface area contributed by atoms with Gasteiger partial charge in [0.1, 0.15) is 6.10 Å². The Hall–Kier alpha value is -0.880. The minimum Gasteiger partial charge on any atom is -1.00 e. The molecule has 0 aromatic rings. The average molecular weight is 464 g/mol. The van der Waals surface area contributed by atoms with Crippen LogP contribution in [0, 0.1) is 0 Å². The van der Waals surface area contributed by atoms with Gasteiger partial charge in [-0.1, -0.05) is 90.9 Å². The van der Waals surface area contributed by atoms with Gasteiger partial charge in [0.2, 0.25) is 0 Å². The Balaban J connectivity index is 0. The van der Waals surface area contributed by atoms with Gasteiger partial charge in [-0.25, -0.2) is 9.59 Å². The van der Waals surface area contributed by atoms with Crippen LogP contribution in [-0.2, 0) is 19.2 Å². The van der Waals surface area contributed by atoms with Gasteiger partial charge in [-0.15, -0.1) is 0 Å². The molecule has 0 amide bonds. The highest BCUT2D eigenvalue weighted by Crippen LogP contribution is 2.15. The van der Waals surface area contributed by atoms with Crippen molar-refractivity contribution in [1.29, 1.82) is 0 Å². The molecule has 0 saturated heterocycles. The Labute approximate surface area is 182 Å². The zero-order valence-corrected chi connectivity index (χ0v) is 19.6. The topological polar surface area (TPSA) is 80.2 Å². The van der Waals surface area contributed by atoms with Crippen LogP contribution in [0.15, 0.2) is 12.2 Å². The maximum absolute atomic E-state index is 11.6. The molecule has 28 heavy (non-hydrogen) atoms. The van der Waals surface area contributed by atoms with E-state index in [0.29, 0.717) is 0 Å². The zero-order chi connectivity index (χ0) is 20.2. The van der Waals surface area contributed by atoms with Crippen molar-refractivity contribution >= 4 is 11.9 Å². The Morgan fingerprint density at radius 3 is 1.61 bits per heavy atom. The van der Waals surface area contributed by atoms with Crippen LogP contribution < -0.4 is 22.9 Å². The summed E-state index contributed by atoms with van der Waals surface area (Å²) in [4.78, 5) is 26.7. The fourth-order valence-corrected chi connectivity index (χ4v) is 3.12. The number of hydrogen-bond donors (Lipinski definition) is 1. The molecule has 0 heterocycles.